The molecule has 0 atom stereocenters. The molecule has 92 valence electrons. The Hall–Kier alpha value is -1.00. The smallest absolute Gasteiger partial charge is 0.289 e. The van der Waals surface area contributed by atoms with Gasteiger partial charge in [-0.2, -0.15) is 13.2 Å². The van der Waals surface area contributed by atoms with Crippen molar-refractivity contribution in [3.8, 4) is 0 Å². The molecular formula is C11H7Cl2F3O. The first-order valence-electron chi connectivity index (χ1n) is 4.52. The predicted molar refractivity (Wildman–Crippen MR) is 60.6 cm³/mol. The normalized spacial score (nSPS) is 12.1. The Balaban J connectivity index is 2.77. The van der Waals surface area contributed by atoms with Crippen LogP contribution in [0.25, 0.3) is 0 Å². The van der Waals surface area contributed by atoms with Crippen LogP contribution in [0.1, 0.15) is 16.8 Å². The summed E-state index contributed by atoms with van der Waals surface area (Å²) in [6, 6.07) is 4.16. The zero-order chi connectivity index (χ0) is 13.1. The molecule has 17 heavy (non-hydrogen) atoms. The van der Waals surface area contributed by atoms with E-state index in [-0.39, 0.29) is 10.6 Å². The Morgan fingerprint density at radius 3 is 2.47 bits per heavy atom. The topological polar surface area (TPSA) is 17.1 Å². The van der Waals surface area contributed by atoms with Gasteiger partial charge in [0.2, 0.25) is 0 Å². The molecule has 1 nitrogen and oxygen atoms in total. The van der Waals surface area contributed by atoms with Gasteiger partial charge in [0.05, 0.1) is 11.4 Å². The number of hydrogen-bond donors (Lipinski definition) is 0. The van der Waals surface area contributed by atoms with Crippen molar-refractivity contribution in [2.24, 2.45) is 0 Å². The molecule has 0 fully saturated rings. The first kappa shape index (κ1) is 14.1. The molecule has 0 unspecified atom stereocenters. The molecule has 0 aromatic heterocycles. The summed E-state index contributed by atoms with van der Waals surface area (Å²) in [5, 5.41) is 0.463. The SMILES string of the molecule is O=C(/C=C/CC(F)(F)F)c1ccc(Cl)cc1Cl. The Morgan fingerprint density at radius 1 is 1.29 bits per heavy atom. The second-order valence-electron chi connectivity index (χ2n) is 3.21. The van der Waals surface area contributed by atoms with Gasteiger partial charge in [-0.3, -0.25) is 4.79 Å². The number of allylic oxidation sites excluding steroid dienone is 2. The zero-order valence-corrected chi connectivity index (χ0v) is 9.90. The van der Waals surface area contributed by atoms with E-state index in [1.54, 1.807) is 0 Å². The number of ketones is 1. The Kier molecular flexibility index (Phi) is 4.60. The monoisotopic (exact) mass is 282 g/mol. The molecule has 1 aromatic rings. The van der Waals surface area contributed by atoms with Crippen LogP contribution in [-0.4, -0.2) is 12.0 Å². The van der Waals surface area contributed by atoms with Gasteiger partial charge in [-0.25, -0.2) is 0 Å². The number of benzene rings is 1. The predicted octanol–water partition coefficient (Wildman–Crippen LogP) is 4.68. The third-order valence-corrected chi connectivity index (χ3v) is 2.36. The number of halogens is 5. The number of rotatable bonds is 3. The van der Waals surface area contributed by atoms with Gasteiger partial charge in [0, 0.05) is 10.6 Å². The van der Waals surface area contributed by atoms with Crippen molar-refractivity contribution >= 4 is 29.0 Å². The summed E-state index contributed by atoms with van der Waals surface area (Å²) in [4.78, 5) is 11.5. The summed E-state index contributed by atoms with van der Waals surface area (Å²) in [5.74, 6) is -0.587. The highest BCUT2D eigenvalue weighted by Gasteiger charge is 2.24. The molecule has 1 aromatic carbocycles. The fraction of sp³-hybridized carbons (Fsp3) is 0.182. The molecule has 0 aliphatic carbocycles. The van der Waals surface area contributed by atoms with Gasteiger partial charge in [0.1, 0.15) is 0 Å². The van der Waals surface area contributed by atoms with E-state index in [2.05, 4.69) is 0 Å². The van der Waals surface area contributed by atoms with Crippen molar-refractivity contribution in [1.82, 2.24) is 0 Å². The summed E-state index contributed by atoms with van der Waals surface area (Å²) in [6.45, 7) is 0. The molecule has 0 heterocycles. The minimum atomic E-state index is -4.32. The first-order valence-corrected chi connectivity index (χ1v) is 5.28. The summed E-state index contributed by atoms with van der Waals surface area (Å²) in [5.41, 5.74) is 0.120. The maximum atomic E-state index is 11.8. The molecule has 1 rings (SSSR count). The fourth-order valence-electron chi connectivity index (χ4n) is 1.08. The molecule has 0 saturated heterocycles. The van der Waals surface area contributed by atoms with Gasteiger partial charge in [0.15, 0.2) is 5.78 Å². The van der Waals surface area contributed by atoms with Gasteiger partial charge in [-0.1, -0.05) is 29.3 Å². The van der Waals surface area contributed by atoms with E-state index in [4.69, 9.17) is 23.2 Å². The van der Waals surface area contributed by atoms with Crippen LogP contribution in [0.5, 0.6) is 0 Å². The maximum absolute atomic E-state index is 11.8. The van der Waals surface area contributed by atoms with E-state index in [0.29, 0.717) is 5.02 Å². The highest BCUT2D eigenvalue weighted by molar-refractivity contribution is 6.37. The quantitative estimate of drug-likeness (QED) is 0.581. The second kappa shape index (κ2) is 5.56. The van der Waals surface area contributed by atoms with E-state index in [0.717, 1.165) is 12.2 Å². The third-order valence-electron chi connectivity index (χ3n) is 1.82. The summed E-state index contributed by atoms with van der Waals surface area (Å²) >= 11 is 11.4. The van der Waals surface area contributed by atoms with Crippen molar-refractivity contribution in [1.29, 1.82) is 0 Å². The highest BCUT2D eigenvalue weighted by Crippen LogP contribution is 2.23. The second-order valence-corrected chi connectivity index (χ2v) is 4.05. The number of carbonyl (C=O) groups is 1. The van der Waals surface area contributed by atoms with Crippen molar-refractivity contribution in [3.05, 3.63) is 46.0 Å². The number of alkyl halides is 3. The average Bonchev–Trinajstić information content (AvgIpc) is 2.15. The van der Waals surface area contributed by atoms with E-state index in [1.807, 2.05) is 0 Å². The minimum Gasteiger partial charge on any atom is -0.289 e. The van der Waals surface area contributed by atoms with Crippen molar-refractivity contribution in [2.75, 3.05) is 0 Å². The molecule has 0 N–H and O–H groups in total. The first-order chi connectivity index (χ1) is 7.79. The third kappa shape index (κ3) is 4.79. The van der Waals surface area contributed by atoms with Crippen LogP contribution in [0.4, 0.5) is 13.2 Å². The van der Waals surface area contributed by atoms with Crippen molar-refractivity contribution in [3.63, 3.8) is 0 Å². The zero-order valence-electron chi connectivity index (χ0n) is 8.39. The van der Waals surface area contributed by atoms with E-state index in [1.165, 1.54) is 18.2 Å². The maximum Gasteiger partial charge on any atom is 0.392 e. The largest absolute Gasteiger partial charge is 0.392 e. The standard InChI is InChI=1S/C11H7Cl2F3O/c12-7-3-4-8(9(13)6-7)10(17)2-1-5-11(14,15)16/h1-4,6H,5H2/b2-1+. The molecule has 0 radical (unpaired) electrons. The van der Waals surface area contributed by atoms with Crippen molar-refractivity contribution < 1.29 is 18.0 Å². The molecule has 0 aliphatic rings. The lowest BCUT2D eigenvalue weighted by molar-refractivity contribution is -0.125. The highest BCUT2D eigenvalue weighted by atomic mass is 35.5. The van der Waals surface area contributed by atoms with Crippen LogP contribution in [-0.2, 0) is 0 Å². The van der Waals surface area contributed by atoms with E-state index < -0.39 is 18.4 Å². The van der Waals surface area contributed by atoms with Crippen LogP contribution in [0.2, 0.25) is 10.0 Å². The molecule has 0 amide bonds. The Labute approximate surface area is 106 Å². The van der Waals surface area contributed by atoms with Gasteiger partial charge in [-0.05, 0) is 24.3 Å². The van der Waals surface area contributed by atoms with Gasteiger partial charge in [0.25, 0.3) is 0 Å². The molecule has 6 heteroatoms. The molecular weight excluding hydrogens is 276 g/mol. The molecule has 0 spiro atoms. The number of carbonyl (C=O) groups excluding carboxylic acids is 1. The van der Waals surface area contributed by atoms with Gasteiger partial charge < -0.3 is 0 Å². The van der Waals surface area contributed by atoms with E-state index in [9.17, 15) is 18.0 Å². The van der Waals surface area contributed by atoms with Crippen LogP contribution in [0.3, 0.4) is 0 Å². The molecule has 0 bridgehead atoms. The van der Waals surface area contributed by atoms with Gasteiger partial charge in [-0.15, -0.1) is 0 Å². The average molecular weight is 283 g/mol. The van der Waals surface area contributed by atoms with Gasteiger partial charge >= 0.3 is 6.18 Å². The fourth-order valence-corrected chi connectivity index (χ4v) is 1.58. The molecule has 0 saturated carbocycles. The summed E-state index contributed by atoms with van der Waals surface area (Å²) < 4.78 is 35.5. The van der Waals surface area contributed by atoms with Crippen LogP contribution in [0, 0.1) is 0 Å². The molecule has 0 aliphatic heterocycles. The van der Waals surface area contributed by atoms with Crippen LogP contribution in [0.15, 0.2) is 30.4 Å². The lowest BCUT2D eigenvalue weighted by atomic mass is 10.1. The van der Waals surface area contributed by atoms with E-state index >= 15 is 0 Å². The van der Waals surface area contributed by atoms with Crippen LogP contribution < -0.4 is 0 Å². The van der Waals surface area contributed by atoms with Crippen LogP contribution >= 0.6 is 23.2 Å². The lowest BCUT2D eigenvalue weighted by Gasteiger charge is -2.01. The summed E-state index contributed by atoms with van der Waals surface area (Å²) in [6.07, 6.45) is -3.86. The number of hydrogen-bond acceptors (Lipinski definition) is 1. The van der Waals surface area contributed by atoms with Crippen molar-refractivity contribution in [2.45, 2.75) is 12.6 Å². The Morgan fingerprint density at radius 2 is 1.94 bits per heavy atom. The Bertz CT molecular complexity index is 453. The summed E-state index contributed by atoms with van der Waals surface area (Å²) in [7, 11) is 0. The minimum absolute atomic E-state index is 0.110. The lowest BCUT2D eigenvalue weighted by Crippen LogP contribution is -2.05.